The van der Waals surface area contributed by atoms with Gasteiger partial charge in [-0.1, -0.05) is 25.5 Å². The fourth-order valence-electron chi connectivity index (χ4n) is 2.85. The summed E-state index contributed by atoms with van der Waals surface area (Å²) in [5, 5.41) is 0. The van der Waals surface area contributed by atoms with Crippen molar-refractivity contribution >= 4 is 23.6 Å². The van der Waals surface area contributed by atoms with Gasteiger partial charge in [-0.25, -0.2) is 4.79 Å². The molecule has 0 fully saturated rings. The van der Waals surface area contributed by atoms with Gasteiger partial charge in [0.15, 0.2) is 0 Å². The molecular weight excluding hydrogens is 316 g/mol. The number of hydrogen-bond donors (Lipinski definition) is 0. The molecule has 0 spiro atoms. The molecule has 0 N–H and O–H groups in total. The zero-order valence-corrected chi connectivity index (χ0v) is 15.6. The summed E-state index contributed by atoms with van der Waals surface area (Å²) in [6, 6.07) is 7.84. The van der Waals surface area contributed by atoms with Crippen LogP contribution in [0.5, 0.6) is 0 Å². The van der Waals surface area contributed by atoms with Gasteiger partial charge in [0.1, 0.15) is 0 Å². The van der Waals surface area contributed by atoms with Crippen LogP contribution < -0.4 is 4.90 Å². The summed E-state index contributed by atoms with van der Waals surface area (Å²) < 4.78 is 4.90. The molecule has 0 saturated carbocycles. The quantitative estimate of drug-likeness (QED) is 0.588. The molecule has 0 radical (unpaired) electrons. The van der Waals surface area contributed by atoms with Gasteiger partial charge in [-0.05, 0) is 37.1 Å². The predicted molar refractivity (Wildman–Crippen MR) is 100 cm³/mol. The Balaban J connectivity index is 2.42. The maximum absolute atomic E-state index is 12.8. The Hall–Kier alpha value is -2.56. The third-order valence-electron chi connectivity index (χ3n) is 4.36. The number of allylic oxidation sites excluding steroid dienone is 1. The van der Waals surface area contributed by atoms with Gasteiger partial charge in [-0.15, -0.1) is 0 Å². The summed E-state index contributed by atoms with van der Waals surface area (Å²) in [6.45, 7) is 4.48. The van der Waals surface area contributed by atoms with E-state index in [1.165, 1.54) is 7.11 Å². The Labute approximate surface area is 149 Å². The van der Waals surface area contributed by atoms with Gasteiger partial charge in [0.05, 0.1) is 18.3 Å². The van der Waals surface area contributed by atoms with Crippen LogP contribution in [0, 0.1) is 0 Å². The van der Waals surface area contributed by atoms with Crippen LogP contribution in [0.15, 0.2) is 41.1 Å². The summed E-state index contributed by atoms with van der Waals surface area (Å²) >= 11 is 0. The minimum absolute atomic E-state index is 0.136. The number of carbonyl (C=O) groups excluding carboxylic acids is 2. The summed E-state index contributed by atoms with van der Waals surface area (Å²) in [5.41, 5.74) is 3.38. The maximum atomic E-state index is 12.8. The number of benzene rings is 1. The molecule has 5 nitrogen and oxygen atoms in total. The van der Waals surface area contributed by atoms with E-state index in [1.807, 2.05) is 43.3 Å². The van der Waals surface area contributed by atoms with Crippen LogP contribution in [0.1, 0.15) is 32.3 Å². The molecule has 1 aromatic rings. The first-order valence-electron chi connectivity index (χ1n) is 8.51. The Morgan fingerprint density at radius 3 is 2.40 bits per heavy atom. The number of rotatable bonds is 6. The van der Waals surface area contributed by atoms with E-state index in [9.17, 15) is 9.59 Å². The van der Waals surface area contributed by atoms with Gasteiger partial charge in [0.25, 0.3) is 5.91 Å². The highest BCUT2D eigenvalue weighted by Gasteiger charge is 2.36. The van der Waals surface area contributed by atoms with Crippen LogP contribution in [-0.2, 0) is 14.3 Å². The zero-order valence-electron chi connectivity index (χ0n) is 15.6. The van der Waals surface area contributed by atoms with Crippen molar-refractivity contribution in [2.24, 2.45) is 0 Å². The number of nitrogens with zero attached hydrogens (tertiary/aromatic N) is 2. The predicted octanol–water partition coefficient (Wildman–Crippen LogP) is 3.23. The fourth-order valence-corrected chi connectivity index (χ4v) is 2.85. The smallest absolute Gasteiger partial charge is 0.340 e. The molecule has 1 amide bonds. The highest BCUT2D eigenvalue weighted by atomic mass is 16.5. The van der Waals surface area contributed by atoms with E-state index in [2.05, 4.69) is 6.92 Å². The molecule has 0 unspecified atom stereocenters. The molecule has 1 heterocycles. The second kappa shape index (κ2) is 8.01. The van der Waals surface area contributed by atoms with Gasteiger partial charge < -0.3 is 14.5 Å². The number of hydrogen-bond acceptors (Lipinski definition) is 4. The number of anilines is 1. The van der Waals surface area contributed by atoms with Crippen LogP contribution in [0.25, 0.3) is 6.08 Å². The molecule has 25 heavy (non-hydrogen) atoms. The van der Waals surface area contributed by atoms with Gasteiger partial charge >= 0.3 is 5.97 Å². The van der Waals surface area contributed by atoms with E-state index >= 15 is 0 Å². The first-order valence-corrected chi connectivity index (χ1v) is 8.51. The monoisotopic (exact) mass is 342 g/mol. The Morgan fingerprint density at radius 2 is 1.88 bits per heavy atom. The Bertz CT molecular complexity index is 715. The molecule has 0 aromatic heterocycles. The molecule has 1 aliphatic heterocycles. The molecule has 0 aliphatic carbocycles. The molecule has 134 valence electrons. The molecule has 5 heteroatoms. The van der Waals surface area contributed by atoms with Gasteiger partial charge in [0.2, 0.25) is 0 Å². The summed E-state index contributed by atoms with van der Waals surface area (Å²) in [7, 11) is 5.29. The standard InChI is InChI=1S/C20H26N2O3/c1-6-7-12-22-14(2)18(20(24)25-5)17(19(22)23)13-15-8-10-16(11-9-15)21(3)4/h8-11,13H,6-7,12H2,1-5H3/b17-13-. The molecule has 1 aliphatic rings. The van der Waals surface area contributed by atoms with Gasteiger partial charge in [0, 0.05) is 32.0 Å². The normalized spacial score (nSPS) is 16.0. The lowest BCUT2D eigenvalue weighted by Crippen LogP contribution is -2.26. The Kier molecular flexibility index (Phi) is 6.02. The first-order chi connectivity index (χ1) is 11.9. The highest BCUT2D eigenvalue weighted by molar-refractivity contribution is 6.16. The third kappa shape index (κ3) is 3.92. The average Bonchev–Trinajstić information content (AvgIpc) is 2.83. The van der Waals surface area contributed by atoms with Crippen molar-refractivity contribution in [1.29, 1.82) is 0 Å². The fraction of sp³-hybridized carbons (Fsp3) is 0.400. The van der Waals surface area contributed by atoms with E-state index in [-0.39, 0.29) is 5.91 Å². The van der Waals surface area contributed by atoms with E-state index in [0.717, 1.165) is 24.1 Å². The van der Waals surface area contributed by atoms with Crippen molar-refractivity contribution in [1.82, 2.24) is 4.90 Å². The second-order valence-electron chi connectivity index (χ2n) is 6.31. The first kappa shape index (κ1) is 18.8. The second-order valence-corrected chi connectivity index (χ2v) is 6.31. The van der Waals surface area contributed by atoms with Crippen molar-refractivity contribution < 1.29 is 14.3 Å². The van der Waals surface area contributed by atoms with Gasteiger partial charge in [-0.3, -0.25) is 4.79 Å². The number of carbonyl (C=O) groups is 2. The summed E-state index contributed by atoms with van der Waals surface area (Å²) in [6.07, 6.45) is 3.64. The average molecular weight is 342 g/mol. The van der Waals surface area contributed by atoms with Crippen molar-refractivity contribution in [2.45, 2.75) is 26.7 Å². The van der Waals surface area contributed by atoms with Crippen LogP contribution in [-0.4, -0.2) is 44.5 Å². The zero-order chi connectivity index (χ0) is 18.6. The SMILES string of the molecule is CCCCN1C(=O)/C(=C\c2ccc(N(C)C)cc2)C(C(=O)OC)=C1C. The maximum Gasteiger partial charge on any atom is 0.340 e. The molecule has 0 bridgehead atoms. The lowest BCUT2D eigenvalue weighted by molar-refractivity contribution is -0.136. The topological polar surface area (TPSA) is 49.9 Å². The highest BCUT2D eigenvalue weighted by Crippen LogP contribution is 2.32. The molecule has 0 saturated heterocycles. The van der Waals surface area contributed by atoms with Crippen molar-refractivity contribution in [3.05, 3.63) is 46.7 Å². The van der Waals surface area contributed by atoms with Gasteiger partial charge in [-0.2, -0.15) is 0 Å². The molecule has 0 atom stereocenters. The summed E-state index contributed by atoms with van der Waals surface area (Å²) in [4.78, 5) is 28.7. The minimum atomic E-state index is -0.471. The number of amides is 1. The lowest BCUT2D eigenvalue weighted by Gasteiger charge is -2.17. The van der Waals surface area contributed by atoms with Crippen molar-refractivity contribution in [2.75, 3.05) is 32.6 Å². The van der Waals surface area contributed by atoms with Crippen LogP contribution in [0.3, 0.4) is 0 Å². The lowest BCUT2D eigenvalue weighted by atomic mass is 10.0. The van der Waals surface area contributed by atoms with Crippen molar-refractivity contribution in [3.8, 4) is 0 Å². The van der Waals surface area contributed by atoms with E-state index in [1.54, 1.807) is 17.9 Å². The number of unbranched alkanes of at least 4 members (excludes halogenated alkanes) is 1. The summed E-state index contributed by atoms with van der Waals surface area (Å²) in [5.74, 6) is -0.607. The van der Waals surface area contributed by atoms with E-state index in [4.69, 9.17) is 4.74 Å². The minimum Gasteiger partial charge on any atom is -0.465 e. The molecule has 1 aromatic carbocycles. The van der Waals surface area contributed by atoms with E-state index in [0.29, 0.717) is 23.4 Å². The number of esters is 1. The number of ether oxygens (including phenoxy) is 1. The third-order valence-corrected chi connectivity index (χ3v) is 4.36. The molecule has 2 rings (SSSR count). The van der Waals surface area contributed by atoms with Crippen molar-refractivity contribution in [3.63, 3.8) is 0 Å². The van der Waals surface area contributed by atoms with Crippen LogP contribution >= 0.6 is 0 Å². The Morgan fingerprint density at radius 1 is 1.24 bits per heavy atom. The van der Waals surface area contributed by atoms with Crippen LogP contribution in [0.4, 0.5) is 5.69 Å². The van der Waals surface area contributed by atoms with Crippen LogP contribution in [0.2, 0.25) is 0 Å². The number of methoxy groups -OCH3 is 1. The molecular formula is C20H26N2O3. The largest absolute Gasteiger partial charge is 0.465 e. The van der Waals surface area contributed by atoms with E-state index < -0.39 is 5.97 Å².